The molecule has 2 aromatic carbocycles. The molecule has 3 aromatic heterocycles. The number of carbonyl (C=O) groups excluding carboxylic acids is 2. The molecule has 0 aliphatic carbocycles. The normalized spacial score (nSPS) is 12.1. The van der Waals surface area contributed by atoms with E-state index in [2.05, 4.69) is 20.7 Å². The Balaban J connectivity index is 1.52. The summed E-state index contributed by atoms with van der Waals surface area (Å²) in [6.07, 6.45) is 4.67. The molecule has 0 fully saturated rings. The number of hydrogen-bond donors (Lipinski definition) is 3. The number of rotatable bonds is 10. The molecule has 1 atom stereocenters. The maximum absolute atomic E-state index is 12.9. The van der Waals surface area contributed by atoms with E-state index in [0.717, 1.165) is 22.2 Å². The van der Waals surface area contributed by atoms with Crippen LogP contribution >= 0.6 is 0 Å². The standard InChI is InChI=1S/C29H27N7O4S/c1-19(37)25(18-41(30,39)40)33-29(38)23-14-22(16-31-17-23)27-34-28(32-15-20-8-4-2-5-9-20)26-24(12-13-36(26)35-27)21-10-6-3-7-11-21/h2-14,16-17,25H,15,18H2,1H3,(H,33,38)(H2,30,39,40)(H,32,34,35). The van der Waals surface area contributed by atoms with E-state index in [1.165, 1.54) is 25.4 Å². The molecule has 3 heterocycles. The average molecular weight is 570 g/mol. The number of nitrogens with one attached hydrogen (secondary N) is 2. The van der Waals surface area contributed by atoms with Gasteiger partial charge in [0.05, 0.1) is 11.3 Å². The summed E-state index contributed by atoms with van der Waals surface area (Å²) in [5.74, 6) is -1.05. The van der Waals surface area contributed by atoms with E-state index in [-0.39, 0.29) is 5.56 Å². The van der Waals surface area contributed by atoms with Crippen LogP contribution in [0.4, 0.5) is 5.82 Å². The number of hydrogen-bond acceptors (Lipinski definition) is 8. The molecule has 0 bridgehead atoms. The molecule has 0 saturated heterocycles. The first kappa shape index (κ1) is 27.6. The smallest absolute Gasteiger partial charge is 0.253 e. The average Bonchev–Trinajstić information content (AvgIpc) is 3.40. The molecule has 1 unspecified atom stereocenters. The van der Waals surface area contributed by atoms with E-state index in [1.54, 1.807) is 4.52 Å². The van der Waals surface area contributed by atoms with Crippen LogP contribution in [0.25, 0.3) is 28.0 Å². The van der Waals surface area contributed by atoms with Gasteiger partial charge in [0.2, 0.25) is 10.0 Å². The second kappa shape index (κ2) is 11.7. The lowest BCUT2D eigenvalue weighted by Crippen LogP contribution is -2.45. The lowest BCUT2D eigenvalue weighted by atomic mass is 10.1. The van der Waals surface area contributed by atoms with Crippen LogP contribution in [-0.2, 0) is 21.4 Å². The minimum absolute atomic E-state index is 0.100. The SMILES string of the molecule is CC(=O)C(CS(N)(=O)=O)NC(=O)c1cncc(-c2nc(NCc3ccccc3)c3c(-c4ccccc4)ccn3n2)c1. The predicted molar refractivity (Wildman–Crippen MR) is 155 cm³/mol. The van der Waals surface area contributed by atoms with Gasteiger partial charge in [-0.25, -0.2) is 23.1 Å². The molecule has 12 heteroatoms. The Bertz CT molecular complexity index is 1820. The predicted octanol–water partition coefficient (Wildman–Crippen LogP) is 3.05. The molecular weight excluding hydrogens is 542 g/mol. The molecule has 0 radical (unpaired) electrons. The van der Waals surface area contributed by atoms with Crippen molar-refractivity contribution in [3.05, 3.63) is 103 Å². The first-order valence-corrected chi connectivity index (χ1v) is 14.4. The fourth-order valence-corrected chi connectivity index (χ4v) is 5.11. The van der Waals surface area contributed by atoms with Gasteiger partial charge >= 0.3 is 0 Å². The van der Waals surface area contributed by atoms with E-state index in [0.29, 0.717) is 23.8 Å². The number of nitrogens with two attached hydrogens (primary N) is 1. The molecule has 0 aliphatic heterocycles. The second-order valence-electron chi connectivity index (χ2n) is 9.44. The number of amides is 1. The number of ketones is 1. The van der Waals surface area contributed by atoms with Crippen molar-refractivity contribution in [2.75, 3.05) is 11.1 Å². The third kappa shape index (κ3) is 6.62. The molecule has 0 spiro atoms. The number of nitrogens with zero attached hydrogens (tertiary/aromatic N) is 4. The van der Waals surface area contributed by atoms with Crippen molar-refractivity contribution in [3.8, 4) is 22.5 Å². The van der Waals surface area contributed by atoms with Gasteiger partial charge in [0, 0.05) is 36.3 Å². The van der Waals surface area contributed by atoms with Gasteiger partial charge in [0.15, 0.2) is 17.4 Å². The Labute approximate surface area is 236 Å². The molecule has 41 heavy (non-hydrogen) atoms. The Morgan fingerprint density at radius 1 is 0.976 bits per heavy atom. The van der Waals surface area contributed by atoms with Gasteiger partial charge < -0.3 is 10.6 Å². The number of benzene rings is 2. The minimum atomic E-state index is -4.00. The number of Topliss-reactive ketones (excluding diaryl/α,β-unsaturated/α-hetero) is 1. The topological polar surface area (TPSA) is 161 Å². The molecule has 5 rings (SSSR count). The van der Waals surface area contributed by atoms with Gasteiger partial charge in [0.1, 0.15) is 11.6 Å². The molecule has 0 saturated carbocycles. The lowest BCUT2D eigenvalue weighted by Gasteiger charge is -2.15. The Morgan fingerprint density at radius 2 is 1.68 bits per heavy atom. The molecule has 4 N–H and O–H groups in total. The van der Waals surface area contributed by atoms with Gasteiger partial charge in [0.25, 0.3) is 5.91 Å². The number of aromatic nitrogens is 4. The Morgan fingerprint density at radius 3 is 2.37 bits per heavy atom. The fraction of sp³-hybridized carbons (Fsp3) is 0.138. The minimum Gasteiger partial charge on any atom is -0.364 e. The molecule has 0 aliphatic rings. The van der Waals surface area contributed by atoms with E-state index >= 15 is 0 Å². The van der Waals surface area contributed by atoms with E-state index in [9.17, 15) is 18.0 Å². The Hall–Kier alpha value is -4.94. The van der Waals surface area contributed by atoms with Crippen molar-refractivity contribution < 1.29 is 18.0 Å². The number of fused-ring (bicyclic) bond motifs is 1. The summed E-state index contributed by atoms with van der Waals surface area (Å²) < 4.78 is 24.8. The Kier molecular flexibility index (Phi) is 7.86. The van der Waals surface area contributed by atoms with Crippen LogP contribution in [0, 0.1) is 0 Å². The molecule has 1 amide bonds. The zero-order valence-corrected chi connectivity index (χ0v) is 22.9. The monoisotopic (exact) mass is 569 g/mol. The van der Waals surface area contributed by atoms with E-state index in [4.69, 9.17) is 10.1 Å². The van der Waals surface area contributed by atoms with Crippen molar-refractivity contribution in [2.45, 2.75) is 19.5 Å². The van der Waals surface area contributed by atoms with E-state index in [1.807, 2.05) is 72.9 Å². The molecule has 5 aromatic rings. The van der Waals surface area contributed by atoms with Gasteiger partial charge in [-0.15, -0.1) is 5.10 Å². The highest BCUT2D eigenvalue weighted by Crippen LogP contribution is 2.31. The van der Waals surface area contributed by atoms with Crippen LogP contribution in [0.1, 0.15) is 22.8 Å². The number of primary sulfonamides is 1. The van der Waals surface area contributed by atoms with Crippen LogP contribution < -0.4 is 15.8 Å². The van der Waals surface area contributed by atoms with Crippen LogP contribution in [-0.4, -0.2) is 51.5 Å². The summed E-state index contributed by atoms with van der Waals surface area (Å²) in [4.78, 5) is 33.8. The summed E-state index contributed by atoms with van der Waals surface area (Å²) in [5.41, 5.74) is 4.35. The quantitative estimate of drug-likeness (QED) is 0.231. The van der Waals surface area contributed by atoms with Crippen LogP contribution in [0.5, 0.6) is 0 Å². The maximum Gasteiger partial charge on any atom is 0.253 e. The highest BCUT2D eigenvalue weighted by molar-refractivity contribution is 7.89. The zero-order valence-electron chi connectivity index (χ0n) is 22.1. The number of pyridine rings is 1. The second-order valence-corrected chi connectivity index (χ2v) is 11.1. The van der Waals surface area contributed by atoms with Crippen LogP contribution in [0.2, 0.25) is 0 Å². The maximum atomic E-state index is 12.9. The highest BCUT2D eigenvalue weighted by atomic mass is 32.2. The third-order valence-electron chi connectivity index (χ3n) is 6.35. The first-order chi connectivity index (χ1) is 19.7. The summed E-state index contributed by atoms with van der Waals surface area (Å²) >= 11 is 0. The van der Waals surface area contributed by atoms with Crippen molar-refractivity contribution in [2.24, 2.45) is 5.14 Å². The van der Waals surface area contributed by atoms with Crippen molar-refractivity contribution in [1.29, 1.82) is 0 Å². The summed E-state index contributed by atoms with van der Waals surface area (Å²) in [6.45, 7) is 1.70. The van der Waals surface area contributed by atoms with Gasteiger partial charge in [-0.2, -0.15) is 0 Å². The molecular formula is C29H27N7O4S. The van der Waals surface area contributed by atoms with Crippen molar-refractivity contribution in [3.63, 3.8) is 0 Å². The number of carbonyl (C=O) groups is 2. The van der Waals surface area contributed by atoms with Crippen LogP contribution in [0.15, 0.2) is 91.4 Å². The number of anilines is 1. The van der Waals surface area contributed by atoms with Gasteiger partial charge in [-0.1, -0.05) is 60.7 Å². The van der Waals surface area contributed by atoms with Crippen molar-refractivity contribution >= 4 is 33.0 Å². The highest BCUT2D eigenvalue weighted by Gasteiger charge is 2.24. The third-order valence-corrected chi connectivity index (χ3v) is 7.15. The lowest BCUT2D eigenvalue weighted by molar-refractivity contribution is -0.118. The molecule has 208 valence electrons. The summed E-state index contributed by atoms with van der Waals surface area (Å²) in [6, 6.07) is 22.0. The van der Waals surface area contributed by atoms with Gasteiger partial charge in [-0.05, 0) is 30.2 Å². The van der Waals surface area contributed by atoms with E-state index < -0.39 is 33.5 Å². The largest absolute Gasteiger partial charge is 0.364 e. The zero-order chi connectivity index (χ0) is 29.0. The van der Waals surface area contributed by atoms with Crippen molar-refractivity contribution in [1.82, 2.24) is 24.9 Å². The number of sulfonamides is 1. The first-order valence-electron chi connectivity index (χ1n) is 12.7. The van der Waals surface area contributed by atoms with Gasteiger partial charge in [-0.3, -0.25) is 14.6 Å². The summed E-state index contributed by atoms with van der Waals surface area (Å²) in [7, 11) is -4.00. The molecule has 11 nitrogen and oxygen atoms in total. The fourth-order valence-electron chi connectivity index (χ4n) is 4.32. The van der Waals surface area contributed by atoms with Crippen LogP contribution in [0.3, 0.4) is 0 Å². The summed E-state index contributed by atoms with van der Waals surface area (Å²) in [5, 5.41) is 15.6.